The minimum absolute atomic E-state index is 0.0137. The summed E-state index contributed by atoms with van der Waals surface area (Å²) in [6.45, 7) is -0.770. The summed E-state index contributed by atoms with van der Waals surface area (Å²) in [5, 5.41) is 10.7. The number of hydrogen-bond donors (Lipinski definition) is 2. The minimum atomic E-state index is -6.06. The number of benzene rings is 1. The number of rotatable bonds is 6. The second kappa shape index (κ2) is 9.62. The molecule has 0 amide bonds. The maximum atomic E-state index is 14.0. The molecule has 0 unspecified atom stereocenters. The highest BCUT2D eigenvalue weighted by molar-refractivity contribution is 6.32. The van der Waals surface area contributed by atoms with Crippen LogP contribution in [0.4, 0.5) is 40.9 Å². The standard InChI is InChI=1S/C22H15ClF8N6O/c1-10-13(24)4-11(5-14(10)25)6-15-19-32-2-3-37(19)8-16(35-15)18-33-7-12(23)17(36-18)34-9-20(38,21(26,27)28)22(29,30)31/h2-5,7-8,38H,6,9H2,1H3,(H,33,34,36). The van der Waals surface area contributed by atoms with Crippen LogP contribution in [0.15, 0.2) is 36.9 Å². The van der Waals surface area contributed by atoms with Crippen LogP contribution in [0.25, 0.3) is 17.2 Å². The Kier molecular flexibility index (Phi) is 6.95. The number of aliphatic hydroxyl groups is 1. The summed E-state index contributed by atoms with van der Waals surface area (Å²) in [4.78, 5) is 16.3. The fourth-order valence-electron chi connectivity index (χ4n) is 3.40. The van der Waals surface area contributed by atoms with Crippen LogP contribution >= 0.6 is 11.6 Å². The largest absolute Gasteiger partial charge is 0.428 e. The molecule has 0 aliphatic heterocycles. The van der Waals surface area contributed by atoms with Gasteiger partial charge >= 0.3 is 12.4 Å². The highest BCUT2D eigenvalue weighted by Crippen LogP contribution is 2.43. The van der Waals surface area contributed by atoms with Crippen molar-refractivity contribution in [1.82, 2.24) is 24.3 Å². The molecule has 38 heavy (non-hydrogen) atoms. The van der Waals surface area contributed by atoms with Gasteiger partial charge in [-0.3, -0.25) is 0 Å². The number of aromatic nitrogens is 5. The fourth-order valence-corrected chi connectivity index (χ4v) is 3.56. The van der Waals surface area contributed by atoms with E-state index in [2.05, 4.69) is 19.9 Å². The molecule has 0 fully saturated rings. The molecular formula is C22H15ClF8N6O. The Hall–Kier alpha value is -3.59. The molecule has 0 spiro atoms. The molecule has 16 heteroatoms. The SMILES string of the molecule is Cc1c(F)cc(Cc2nc(-c3ncc(Cl)c(NCC(O)(C(F)(F)F)C(F)(F)F)n3)cn3ccnc23)cc1F. The van der Waals surface area contributed by atoms with Gasteiger partial charge in [-0.2, -0.15) is 26.3 Å². The molecule has 0 aliphatic rings. The Labute approximate surface area is 213 Å². The van der Waals surface area contributed by atoms with Gasteiger partial charge in [-0.15, -0.1) is 0 Å². The van der Waals surface area contributed by atoms with Crippen LogP contribution in [0.2, 0.25) is 5.02 Å². The van der Waals surface area contributed by atoms with Crippen molar-refractivity contribution in [2.75, 3.05) is 11.9 Å². The first-order chi connectivity index (χ1) is 17.6. The summed E-state index contributed by atoms with van der Waals surface area (Å²) in [5.74, 6) is -2.45. The predicted molar refractivity (Wildman–Crippen MR) is 118 cm³/mol. The summed E-state index contributed by atoms with van der Waals surface area (Å²) < 4.78 is 108. The van der Waals surface area contributed by atoms with E-state index in [0.717, 1.165) is 18.3 Å². The number of fused-ring (bicyclic) bond motifs is 1. The third kappa shape index (κ3) is 5.07. The highest BCUT2D eigenvalue weighted by atomic mass is 35.5. The second-order valence-corrected chi connectivity index (χ2v) is 8.60. The van der Waals surface area contributed by atoms with Crippen molar-refractivity contribution in [3.05, 3.63) is 70.4 Å². The molecule has 1 aromatic carbocycles. The molecule has 4 rings (SSSR count). The quantitative estimate of drug-likeness (QED) is 0.309. The average molecular weight is 567 g/mol. The van der Waals surface area contributed by atoms with Crippen LogP contribution in [-0.2, 0) is 6.42 Å². The van der Waals surface area contributed by atoms with E-state index in [4.69, 9.17) is 11.6 Å². The summed E-state index contributed by atoms with van der Waals surface area (Å²) in [6.07, 6.45) is -7.01. The number of imidazole rings is 1. The van der Waals surface area contributed by atoms with Gasteiger partial charge in [-0.1, -0.05) is 11.6 Å². The van der Waals surface area contributed by atoms with E-state index in [1.54, 1.807) is 5.32 Å². The lowest BCUT2D eigenvalue weighted by atomic mass is 10.0. The summed E-state index contributed by atoms with van der Waals surface area (Å²) in [6, 6.07) is 2.24. The lowest BCUT2D eigenvalue weighted by molar-refractivity contribution is -0.362. The molecule has 3 heterocycles. The van der Waals surface area contributed by atoms with Crippen LogP contribution < -0.4 is 5.32 Å². The number of halogens is 9. The molecule has 4 aromatic rings. The topological polar surface area (TPSA) is 88.2 Å². The van der Waals surface area contributed by atoms with E-state index >= 15 is 0 Å². The lowest BCUT2D eigenvalue weighted by Gasteiger charge is -2.32. The van der Waals surface area contributed by atoms with Gasteiger partial charge in [0.15, 0.2) is 11.5 Å². The number of nitrogens with zero attached hydrogens (tertiary/aromatic N) is 5. The van der Waals surface area contributed by atoms with E-state index in [0.29, 0.717) is 5.65 Å². The van der Waals surface area contributed by atoms with Crippen molar-refractivity contribution in [1.29, 1.82) is 0 Å². The predicted octanol–water partition coefficient (Wildman–Crippen LogP) is 5.28. The zero-order valence-corrected chi connectivity index (χ0v) is 19.7. The molecule has 0 aliphatic carbocycles. The van der Waals surface area contributed by atoms with Crippen molar-refractivity contribution in [2.45, 2.75) is 31.3 Å². The van der Waals surface area contributed by atoms with Crippen LogP contribution in [0, 0.1) is 18.6 Å². The zero-order chi connectivity index (χ0) is 28.0. The van der Waals surface area contributed by atoms with E-state index in [1.165, 1.54) is 29.9 Å². The van der Waals surface area contributed by atoms with E-state index in [9.17, 15) is 40.2 Å². The monoisotopic (exact) mass is 566 g/mol. The molecular weight excluding hydrogens is 552 g/mol. The summed E-state index contributed by atoms with van der Waals surface area (Å²) in [5.41, 5.74) is -4.53. The number of nitrogens with one attached hydrogen (secondary N) is 1. The van der Waals surface area contributed by atoms with Gasteiger partial charge in [-0.25, -0.2) is 28.7 Å². The molecule has 7 nitrogen and oxygen atoms in total. The smallest absolute Gasteiger partial charge is 0.372 e. The van der Waals surface area contributed by atoms with Crippen LogP contribution in [-0.4, -0.2) is 53.9 Å². The Morgan fingerprint density at radius 1 is 1.00 bits per heavy atom. The van der Waals surface area contributed by atoms with Gasteiger partial charge in [0, 0.05) is 30.6 Å². The van der Waals surface area contributed by atoms with Crippen molar-refractivity contribution in [2.24, 2.45) is 0 Å². The number of anilines is 1. The fraction of sp³-hybridized carbons (Fsp3) is 0.273. The van der Waals surface area contributed by atoms with Crippen LogP contribution in [0.1, 0.15) is 16.8 Å². The van der Waals surface area contributed by atoms with Gasteiger partial charge in [0.2, 0.25) is 0 Å². The second-order valence-electron chi connectivity index (χ2n) is 8.19. The normalized spacial score (nSPS) is 12.8. The molecule has 3 aromatic heterocycles. The van der Waals surface area contributed by atoms with Gasteiger partial charge in [0.25, 0.3) is 5.60 Å². The first kappa shape index (κ1) is 27.4. The van der Waals surface area contributed by atoms with Gasteiger partial charge < -0.3 is 14.8 Å². The average Bonchev–Trinajstić information content (AvgIpc) is 3.29. The molecule has 202 valence electrons. The van der Waals surface area contributed by atoms with Gasteiger partial charge in [0.1, 0.15) is 28.2 Å². The first-order valence-corrected chi connectivity index (χ1v) is 10.9. The molecule has 0 bridgehead atoms. The van der Waals surface area contributed by atoms with Crippen molar-refractivity contribution >= 4 is 23.1 Å². The summed E-state index contributed by atoms with van der Waals surface area (Å²) in [7, 11) is 0. The molecule has 0 saturated heterocycles. The van der Waals surface area contributed by atoms with Crippen LogP contribution in [0.3, 0.4) is 0 Å². The zero-order valence-electron chi connectivity index (χ0n) is 19.0. The third-order valence-electron chi connectivity index (χ3n) is 5.58. The van der Waals surface area contributed by atoms with Crippen molar-refractivity contribution < 1.29 is 40.2 Å². The first-order valence-electron chi connectivity index (χ1n) is 10.5. The Balaban J connectivity index is 1.71. The number of alkyl halides is 6. The molecule has 2 N–H and O–H groups in total. The van der Waals surface area contributed by atoms with E-state index < -0.39 is 47.0 Å². The van der Waals surface area contributed by atoms with E-state index in [1.807, 2.05) is 0 Å². The van der Waals surface area contributed by atoms with Gasteiger partial charge in [-0.05, 0) is 24.6 Å². The molecule has 0 radical (unpaired) electrons. The van der Waals surface area contributed by atoms with E-state index in [-0.39, 0.29) is 34.8 Å². The number of hydrogen-bond acceptors (Lipinski definition) is 6. The molecule has 0 saturated carbocycles. The maximum absolute atomic E-state index is 14.0. The third-order valence-corrected chi connectivity index (χ3v) is 5.86. The highest BCUT2D eigenvalue weighted by Gasteiger charge is 2.70. The lowest BCUT2D eigenvalue weighted by Crippen LogP contribution is -2.61. The maximum Gasteiger partial charge on any atom is 0.428 e. The van der Waals surface area contributed by atoms with Gasteiger partial charge in [0.05, 0.1) is 18.4 Å². The van der Waals surface area contributed by atoms with Crippen molar-refractivity contribution in [3.8, 4) is 11.5 Å². The Morgan fingerprint density at radius 3 is 2.24 bits per heavy atom. The van der Waals surface area contributed by atoms with Crippen molar-refractivity contribution in [3.63, 3.8) is 0 Å². The molecule has 0 atom stereocenters. The van der Waals surface area contributed by atoms with Crippen LogP contribution in [0.5, 0.6) is 0 Å². The Bertz CT molecular complexity index is 1470. The summed E-state index contributed by atoms with van der Waals surface area (Å²) >= 11 is 5.86. The minimum Gasteiger partial charge on any atom is -0.372 e. The Morgan fingerprint density at radius 2 is 1.63 bits per heavy atom.